The van der Waals surface area contributed by atoms with Crippen molar-refractivity contribution >= 4 is 17.4 Å². The van der Waals surface area contributed by atoms with Crippen molar-refractivity contribution in [3.05, 3.63) is 71.0 Å². The Morgan fingerprint density at radius 1 is 1.15 bits per heavy atom. The molecule has 1 saturated heterocycles. The van der Waals surface area contributed by atoms with Gasteiger partial charge in [-0.2, -0.15) is 0 Å². The Hall–Kier alpha value is -3.19. The van der Waals surface area contributed by atoms with Crippen LogP contribution < -0.4 is 4.74 Å². The fraction of sp³-hybridized carbons (Fsp3) is 0.200. The number of halogens is 1. The summed E-state index contributed by atoms with van der Waals surface area (Å²) in [5, 5.41) is 20.0. The van der Waals surface area contributed by atoms with Crippen LogP contribution in [0.3, 0.4) is 0 Å². The van der Waals surface area contributed by atoms with Gasteiger partial charge in [-0.05, 0) is 30.3 Å². The van der Waals surface area contributed by atoms with Crippen LogP contribution in [0.5, 0.6) is 5.75 Å². The van der Waals surface area contributed by atoms with Crippen LogP contribution >= 0.6 is 0 Å². The third-order valence-corrected chi connectivity index (χ3v) is 4.44. The third kappa shape index (κ3) is 3.29. The summed E-state index contributed by atoms with van der Waals surface area (Å²) in [5.41, 5.74) is 0.142. The van der Waals surface area contributed by atoms with Crippen molar-refractivity contribution in [1.82, 2.24) is 4.90 Å². The van der Waals surface area contributed by atoms with Crippen LogP contribution in [0.25, 0.3) is 5.76 Å². The number of benzene rings is 2. The summed E-state index contributed by atoms with van der Waals surface area (Å²) in [6.45, 7) is -0.566. The smallest absolute Gasteiger partial charge is 0.295 e. The van der Waals surface area contributed by atoms with Crippen molar-refractivity contribution in [2.45, 2.75) is 6.04 Å². The van der Waals surface area contributed by atoms with E-state index in [1.807, 2.05) is 0 Å². The fourth-order valence-corrected chi connectivity index (χ4v) is 3.14. The molecule has 0 spiro atoms. The first-order valence-electron chi connectivity index (χ1n) is 8.27. The molecule has 0 radical (unpaired) electrons. The lowest BCUT2D eigenvalue weighted by Gasteiger charge is -2.24. The van der Waals surface area contributed by atoms with Gasteiger partial charge in [0.05, 0.1) is 25.3 Å². The molecule has 140 valence electrons. The van der Waals surface area contributed by atoms with Gasteiger partial charge in [-0.25, -0.2) is 4.39 Å². The second kappa shape index (κ2) is 7.59. The van der Waals surface area contributed by atoms with E-state index >= 15 is 0 Å². The lowest BCUT2D eigenvalue weighted by Crippen LogP contribution is -2.32. The van der Waals surface area contributed by atoms with E-state index in [0.717, 1.165) is 4.90 Å². The zero-order valence-electron chi connectivity index (χ0n) is 14.6. The van der Waals surface area contributed by atoms with E-state index in [9.17, 15) is 24.2 Å². The monoisotopic (exact) mass is 371 g/mol. The predicted molar refractivity (Wildman–Crippen MR) is 95.5 cm³/mol. The summed E-state index contributed by atoms with van der Waals surface area (Å²) in [6, 6.07) is 10.8. The standard InChI is InChI=1S/C20H18FNO5/c1-27-13-8-6-12(7-9-13)18(24)16-17(14-4-2-3-5-15(14)21)22(10-11-23)20(26)19(16)25/h2-9,17,23-24H,10-11H2,1H3/t17-/m0/s1. The first kappa shape index (κ1) is 18.6. The summed E-state index contributed by atoms with van der Waals surface area (Å²) >= 11 is 0. The Bertz CT molecular complexity index is 907. The number of ketones is 1. The van der Waals surface area contributed by atoms with Crippen molar-refractivity contribution in [1.29, 1.82) is 0 Å². The van der Waals surface area contributed by atoms with E-state index < -0.39 is 35.9 Å². The van der Waals surface area contributed by atoms with Gasteiger partial charge >= 0.3 is 0 Å². The molecule has 1 heterocycles. The maximum atomic E-state index is 14.4. The molecule has 1 aliphatic rings. The summed E-state index contributed by atoms with van der Waals surface area (Å²) < 4.78 is 19.5. The van der Waals surface area contributed by atoms with Gasteiger partial charge in [-0.15, -0.1) is 0 Å². The van der Waals surface area contributed by atoms with E-state index in [1.54, 1.807) is 18.2 Å². The number of β-amino-alcohol motifs (C(OH)–C–C–N with tert-alkyl or cyclic N) is 1. The van der Waals surface area contributed by atoms with Crippen molar-refractivity contribution in [2.24, 2.45) is 0 Å². The molecule has 0 unspecified atom stereocenters. The Labute approximate surface area is 155 Å². The molecular formula is C20H18FNO5. The molecule has 0 saturated carbocycles. The van der Waals surface area contributed by atoms with Gasteiger partial charge in [0.1, 0.15) is 17.3 Å². The molecule has 7 heteroatoms. The molecule has 2 aromatic carbocycles. The van der Waals surface area contributed by atoms with Crippen LogP contribution in [0.1, 0.15) is 17.2 Å². The minimum Gasteiger partial charge on any atom is -0.507 e. The average Bonchev–Trinajstić information content (AvgIpc) is 2.93. The molecule has 0 bridgehead atoms. The van der Waals surface area contributed by atoms with Gasteiger partial charge < -0.3 is 19.8 Å². The van der Waals surface area contributed by atoms with Crippen molar-refractivity contribution in [3.63, 3.8) is 0 Å². The minimum absolute atomic E-state index is 0.0696. The SMILES string of the molecule is COc1ccc(C(O)=C2C(=O)C(=O)N(CCO)[C@H]2c2ccccc2F)cc1. The quantitative estimate of drug-likeness (QED) is 0.478. The topological polar surface area (TPSA) is 87.1 Å². The number of aliphatic hydroxyl groups is 2. The highest BCUT2D eigenvalue weighted by Gasteiger charge is 2.46. The molecule has 1 amide bonds. The largest absolute Gasteiger partial charge is 0.507 e. The number of hydrogen-bond donors (Lipinski definition) is 2. The Morgan fingerprint density at radius 3 is 2.41 bits per heavy atom. The van der Waals surface area contributed by atoms with Gasteiger partial charge in [0.2, 0.25) is 0 Å². The average molecular weight is 371 g/mol. The highest BCUT2D eigenvalue weighted by Crippen LogP contribution is 2.40. The van der Waals surface area contributed by atoms with Crippen LogP contribution in [0, 0.1) is 5.82 Å². The summed E-state index contributed by atoms with van der Waals surface area (Å²) in [5.74, 6) is -2.30. The van der Waals surface area contributed by atoms with Crippen LogP contribution in [0.4, 0.5) is 4.39 Å². The summed E-state index contributed by atoms with van der Waals surface area (Å²) in [7, 11) is 1.49. The number of nitrogens with zero attached hydrogens (tertiary/aromatic N) is 1. The first-order valence-corrected chi connectivity index (χ1v) is 8.27. The number of methoxy groups -OCH3 is 1. The molecule has 6 nitrogen and oxygen atoms in total. The highest BCUT2D eigenvalue weighted by molar-refractivity contribution is 6.46. The third-order valence-electron chi connectivity index (χ3n) is 4.44. The second-order valence-electron chi connectivity index (χ2n) is 5.97. The number of amides is 1. The lowest BCUT2D eigenvalue weighted by atomic mass is 9.95. The molecule has 0 aliphatic carbocycles. The van der Waals surface area contributed by atoms with Gasteiger partial charge in [-0.1, -0.05) is 18.2 Å². The lowest BCUT2D eigenvalue weighted by molar-refractivity contribution is -0.140. The second-order valence-corrected chi connectivity index (χ2v) is 5.97. The summed E-state index contributed by atoms with van der Waals surface area (Å²) in [4.78, 5) is 26.1. The van der Waals surface area contributed by atoms with Crippen LogP contribution in [-0.2, 0) is 9.59 Å². The predicted octanol–water partition coefficient (Wildman–Crippen LogP) is 2.25. The Balaban J connectivity index is 2.18. The van der Waals surface area contributed by atoms with Crippen molar-refractivity contribution in [2.75, 3.05) is 20.3 Å². The maximum Gasteiger partial charge on any atom is 0.295 e. The van der Waals surface area contributed by atoms with Gasteiger partial charge in [-0.3, -0.25) is 9.59 Å². The first-order chi connectivity index (χ1) is 13.0. The summed E-state index contributed by atoms with van der Waals surface area (Å²) in [6.07, 6.45) is 0. The molecule has 2 N–H and O–H groups in total. The highest BCUT2D eigenvalue weighted by atomic mass is 19.1. The fourth-order valence-electron chi connectivity index (χ4n) is 3.14. The molecule has 3 rings (SSSR count). The molecule has 1 fully saturated rings. The van der Waals surface area contributed by atoms with Crippen LogP contribution in [0.15, 0.2) is 54.1 Å². The number of likely N-dealkylation sites (tertiary alicyclic amines) is 1. The van der Waals surface area contributed by atoms with Gasteiger partial charge in [0.25, 0.3) is 11.7 Å². The molecular weight excluding hydrogens is 353 g/mol. The van der Waals surface area contributed by atoms with Crippen molar-refractivity contribution < 1.29 is 28.9 Å². The number of Topliss-reactive ketones (excluding diaryl/α,β-unsaturated/α-hetero) is 1. The Morgan fingerprint density at radius 2 is 1.81 bits per heavy atom. The van der Waals surface area contributed by atoms with E-state index in [4.69, 9.17) is 4.74 Å². The normalized spacial score (nSPS) is 18.8. The molecule has 0 aromatic heterocycles. The number of rotatable bonds is 5. The van der Waals surface area contributed by atoms with E-state index in [2.05, 4.69) is 0 Å². The van der Waals surface area contributed by atoms with Gasteiger partial charge in [0.15, 0.2) is 0 Å². The number of aliphatic hydroxyl groups excluding tert-OH is 2. The Kier molecular flexibility index (Phi) is 5.23. The maximum absolute atomic E-state index is 14.4. The molecule has 2 aromatic rings. The molecule has 1 atom stereocenters. The number of carbonyl (C=O) groups is 2. The van der Waals surface area contributed by atoms with E-state index in [-0.39, 0.29) is 17.7 Å². The number of hydrogen-bond acceptors (Lipinski definition) is 5. The zero-order valence-corrected chi connectivity index (χ0v) is 14.6. The van der Waals surface area contributed by atoms with Crippen LogP contribution in [-0.4, -0.2) is 47.1 Å². The molecule has 1 aliphatic heterocycles. The number of ether oxygens (including phenoxy) is 1. The van der Waals surface area contributed by atoms with E-state index in [0.29, 0.717) is 11.3 Å². The minimum atomic E-state index is -1.12. The van der Waals surface area contributed by atoms with E-state index in [1.165, 1.54) is 37.4 Å². The van der Waals surface area contributed by atoms with Crippen molar-refractivity contribution in [3.8, 4) is 5.75 Å². The zero-order chi connectivity index (χ0) is 19.6. The molecule has 27 heavy (non-hydrogen) atoms. The van der Waals surface area contributed by atoms with Crippen LogP contribution in [0.2, 0.25) is 0 Å². The van der Waals surface area contributed by atoms with Gasteiger partial charge in [0, 0.05) is 17.7 Å². The number of carbonyl (C=O) groups excluding carboxylic acids is 2.